The van der Waals surface area contributed by atoms with Crippen LogP contribution in [0.4, 0.5) is 32.0 Å². The van der Waals surface area contributed by atoms with Crippen LogP contribution in [0.15, 0.2) is 24.3 Å². The summed E-state index contributed by atoms with van der Waals surface area (Å²) in [5.41, 5.74) is -0.890. The summed E-state index contributed by atoms with van der Waals surface area (Å²) in [7, 11) is 1.83. The maximum absolute atomic E-state index is 13.3. The molecule has 4 nitrogen and oxygen atoms in total. The Morgan fingerprint density at radius 3 is 2.10 bits per heavy atom. The molecule has 30 heavy (non-hydrogen) atoms. The predicted molar refractivity (Wildman–Crippen MR) is 96.6 cm³/mol. The van der Waals surface area contributed by atoms with E-state index in [9.17, 15) is 31.1 Å². The Hall–Kier alpha value is -2.88. The van der Waals surface area contributed by atoms with Crippen molar-refractivity contribution in [1.29, 1.82) is 0 Å². The van der Waals surface area contributed by atoms with E-state index in [2.05, 4.69) is 5.32 Å². The van der Waals surface area contributed by atoms with Crippen LogP contribution in [0.2, 0.25) is 0 Å². The van der Waals surface area contributed by atoms with Crippen molar-refractivity contribution in [1.82, 2.24) is 4.90 Å². The van der Waals surface area contributed by atoms with Crippen LogP contribution < -0.4 is 10.7 Å². The third-order valence-electron chi connectivity index (χ3n) is 5.39. The first kappa shape index (κ1) is 20.4. The summed E-state index contributed by atoms with van der Waals surface area (Å²) in [6.45, 7) is 0.946. The number of hydrogen-bond donors (Lipinski definition) is 2. The highest BCUT2D eigenvalue weighted by atomic mass is 19.4. The van der Waals surface area contributed by atoms with E-state index in [1.54, 1.807) is 0 Å². The molecule has 0 bridgehead atoms. The highest BCUT2D eigenvalue weighted by Gasteiger charge is 2.39. The van der Waals surface area contributed by atoms with Gasteiger partial charge in [-0.15, -0.1) is 0 Å². The van der Waals surface area contributed by atoms with E-state index in [4.69, 9.17) is 5.41 Å². The lowest BCUT2D eigenvalue weighted by atomic mass is 9.86. The minimum absolute atomic E-state index is 0.0999. The molecule has 0 aromatic heterocycles. The van der Waals surface area contributed by atoms with Crippen molar-refractivity contribution in [3.8, 4) is 11.1 Å². The van der Waals surface area contributed by atoms with Crippen molar-refractivity contribution >= 4 is 17.3 Å². The van der Waals surface area contributed by atoms with Crippen molar-refractivity contribution < 1.29 is 36.5 Å². The summed E-state index contributed by atoms with van der Waals surface area (Å²) < 4.78 is 79.9. The van der Waals surface area contributed by atoms with Crippen molar-refractivity contribution in [3.05, 3.63) is 52.1 Å². The molecule has 2 aliphatic heterocycles. The second-order valence-corrected chi connectivity index (χ2v) is 7.45. The predicted octanol–water partition coefficient (Wildman–Crippen LogP) is 2.88. The third kappa shape index (κ3) is 3.34. The molecule has 158 valence electrons. The zero-order chi connectivity index (χ0) is 22.0. The number of nitrogens with zero attached hydrogens (tertiary/aromatic N) is 1. The number of benzene rings is 2. The molecule has 2 heterocycles. The zero-order valence-corrected chi connectivity index (χ0v) is 15.6. The molecule has 2 aromatic rings. The van der Waals surface area contributed by atoms with Crippen LogP contribution in [0.3, 0.4) is 0 Å². The van der Waals surface area contributed by atoms with Gasteiger partial charge in [-0.25, -0.2) is 5.41 Å². The van der Waals surface area contributed by atoms with Gasteiger partial charge >= 0.3 is 18.3 Å². The van der Waals surface area contributed by atoms with Gasteiger partial charge in [0, 0.05) is 13.1 Å². The number of nitrogens with one attached hydrogen (secondary N) is 1. The molecule has 1 amide bonds. The van der Waals surface area contributed by atoms with Gasteiger partial charge in [0.05, 0.1) is 22.4 Å². The van der Waals surface area contributed by atoms with Gasteiger partial charge < -0.3 is 10.2 Å². The zero-order valence-electron chi connectivity index (χ0n) is 15.6. The number of alkyl halides is 6. The number of fused-ring (bicyclic) bond motifs is 3. The highest BCUT2D eigenvalue weighted by molar-refractivity contribution is 6.51. The lowest BCUT2D eigenvalue weighted by Crippen LogP contribution is -2.44. The van der Waals surface area contributed by atoms with E-state index < -0.39 is 29.4 Å². The van der Waals surface area contributed by atoms with Crippen molar-refractivity contribution in [3.63, 3.8) is 0 Å². The van der Waals surface area contributed by atoms with Crippen LogP contribution in [0.25, 0.3) is 11.1 Å². The number of carbonyl (C=O) groups excluding carboxylic acids is 1. The van der Waals surface area contributed by atoms with Crippen LogP contribution in [0.5, 0.6) is 0 Å². The summed E-state index contributed by atoms with van der Waals surface area (Å²) in [5, 5.41) is 8.49. The Balaban J connectivity index is 2.01. The molecule has 0 fully saturated rings. The first-order valence-corrected chi connectivity index (χ1v) is 8.97. The summed E-state index contributed by atoms with van der Waals surface area (Å²) in [6.07, 6.45) is -9.49. The first-order chi connectivity index (χ1) is 13.9. The van der Waals surface area contributed by atoms with Gasteiger partial charge in [0.1, 0.15) is 0 Å². The van der Waals surface area contributed by atoms with Gasteiger partial charge in [-0.05, 0) is 60.0 Å². The van der Waals surface area contributed by atoms with E-state index in [1.807, 2.05) is 11.9 Å². The minimum Gasteiger partial charge on any atom is -0.316 e. The lowest BCUT2D eigenvalue weighted by Gasteiger charge is -2.29. The topological polar surface area (TPSA) is 57.9 Å². The molecule has 0 radical (unpaired) electrons. The highest BCUT2D eigenvalue weighted by Crippen LogP contribution is 2.43. The second kappa shape index (κ2) is 6.56. The molecule has 0 atom stereocenters. The van der Waals surface area contributed by atoms with Crippen molar-refractivity contribution in [2.75, 3.05) is 18.9 Å². The fraction of sp³-hybridized carbons (Fsp3) is 0.300. The fourth-order valence-electron chi connectivity index (χ4n) is 3.92. The van der Waals surface area contributed by atoms with Gasteiger partial charge in [0.15, 0.2) is 0 Å². The Bertz CT molecular complexity index is 1060. The summed E-state index contributed by atoms with van der Waals surface area (Å²) in [6, 6.07) is 2.91. The van der Waals surface area contributed by atoms with Crippen LogP contribution in [-0.4, -0.2) is 30.1 Å². The van der Waals surface area contributed by atoms with Crippen LogP contribution in [0.1, 0.15) is 27.8 Å². The molecule has 2 aromatic carbocycles. The van der Waals surface area contributed by atoms with Crippen LogP contribution in [0, 0.1) is 0 Å². The standard InChI is InChI=1S/C20H15F6N3O/c1-29-3-2-12-13(7-14-16(27)18(30)28-17(14)15(12)8-29)9-4-10(19(21,22)23)6-11(5-9)20(24,25)26/h4-7H,2-3,8H2,1H3,(H2,27,28,30)/p+1. The molecule has 3 N–H and O–H groups in total. The Kier molecular flexibility index (Phi) is 4.46. The molecule has 10 heteroatoms. The van der Waals surface area contributed by atoms with Gasteiger partial charge in [0.2, 0.25) is 0 Å². The summed E-state index contributed by atoms with van der Waals surface area (Å²) >= 11 is 0. The summed E-state index contributed by atoms with van der Waals surface area (Å²) in [5.74, 6) is -0.544. The van der Waals surface area contributed by atoms with Crippen LogP contribution in [-0.2, 0) is 30.1 Å². The molecule has 0 saturated carbocycles. The molecule has 4 rings (SSSR count). The largest absolute Gasteiger partial charge is 0.416 e. The average Bonchev–Trinajstić information content (AvgIpc) is 2.94. The number of likely N-dealkylation sites (N-methyl/N-ethyl adjacent to an activating group) is 1. The lowest BCUT2D eigenvalue weighted by molar-refractivity contribution is -0.143. The smallest absolute Gasteiger partial charge is 0.316 e. The monoisotopic (exact) mass is 428 g/mol. The molecule has 0 unspecified atom stereocenters. The number of carbonyl (C=O) groups is 1. The normalized spacial score (nSPS) is 17.0. The molecular formula is C20H16F6N3O+. The summed E-state index contributed by atoms with van der Waals surface area (Å²) in [4.78, 5) is 14.0. The number of rotatable bonds is 1. The van der Waals surface area contributed by atoms with Gasteiger partial charge in [0.25, 0.3) is 5.71 Å². The van der Waals surface area contributed by atoms with Gasteiger partial charge in [-0.3, -0.25) is 4.79 Å². The molecule has 0 spiro atoms. The first-order valence-electron chi connectivity index (χ1n) is 8.97. The van der Waals surface area contributed by atoms with E-state index >= 15 is 0 Å². The molecule has 2 aliphatic rings. The quantitative estimate of drug-likeness (QED) is 0.687. The third-order valence-corrected chi connectivity index (χ3v) is 5.39. The molecule has 0 aliphatic carbocycles. The van der Waals surface area contributed by atoms with E-state index in [-0.39, 0.29) is 28.5 Å². The minimum atomic E-state index is -4.95. The number of amides is 1. The van der Waals surface area contributed by atoms with Gasteiger partial charge in [-0.2, -0.15) is 26.3 Å². The Morgan fingerprint density at radius 1 is 0.933 bits per heavy atom. The fourth-order valence-corrected chi connectivity index (χ4v) is 3.92. The number of anilines is 1. The maximum atomic E-state index is 13.3. The number of halogens is 6. The van der Waals surface area contributed by atoms with Crippen molar-refractivity contribution in [2.45, 2.75) is 25.3 Å². The van der Waals surface area contributed by atoms with Gasteiger partial charge in [-0.1, -0.05) is 0 Å². The van der Waals surface area contributed by atoms with Crippen LogP contribution >= 0.6 is 0 Å². The van der Waals surface area contributed by atoms with E-state index in [0.29, 0.717) is 48.5 Å². The maximum Gasteiger partial charge on any atom is 0.416 e. The van der Waals surface area contributed by atoms with E-state index in [0.717, 1.165) is 0 Å². The number of nitrogens with two attached hydrogens (primary N) is 1. The van der Waals surface area contributed by atoms with E-state index in [1.165, 1.54) is 6.07 Å². The number of hydrogen-bond acceptors (Lipinski definition) is 2. The second-order valence-electron chi connectivity index (χ2n) is 7.45. The molecular weight excluding hydrogens is 412 g/mol. The average molecular weight is 428 g/mol. The van der Waals surface area contributed by atoms with Crippen molar-refractivity contribution in [2.24, 2.45) is 0 Å². The Labute approximate surface area is 167 Å². The Morgan fingerprint density at radius 2 is 1.53 bits per heavy atom. The molecule has 0 saturated heterocycles. The SMILES string of the molecule is CN1CCc2c(-c3cc(C(F)(F)F)cc(C(F)(F)F)c3)cc3c(c2C1)NC(=O)C3=[NH2+].